The number of carbonyl (C=O) groups excluding carboxylic acids is 1. The molecule has 0 N–H and O–H groups in total. The van der Waals surface area contributed by atoms with Gasteiger partial charge < -0.3 is 9.47 Å². The first kappa shape index (κ1) is 12.4. The van der Waals surface area contributed by atoms with Gasteiger partial charge >= 0.3 is 5.97 Å². The van der Waals surface area contributed by atoms with Crippen molar-refractivity contribution in [3.8, 4) is 0 Å². The molecule has 1 saturated heterocycles. The number of esters is 1. The van der Waals surface area contributed by atoms with E-state index in [9.17, 15) is 4.79 Å². The molecular weight excluding hydrogens is 216 g/mol. The van der Waals surface area contributed by atoms with Crippen molar-refractivity contribution in [3.05, 3.63) is 24.3 Å². The Morgan fingerprint density at radius 3 is 2.65 bits per heavy atom. The smallest absolute Gasteiger partial charge is 0.302 e. The molecule has 0 radical (unpaired) electrons. The largest absolute Gasteiger partial charge is 0.460 e. The number of fused-ring (bicyclic) bond motifs is 1. The minimum atomic E-state index is -0.212. The lowest BCUT2D eigenvalue weighted by Crippen LogP contribution is -2.23. The van der Waals surface area contributed by atoms with Crippen molar-refractivity contribution in [1.82, 2.24) is 0 Å². The topological polar surface area (TPSA) is 38.8 Å². The number of ether oxygens (including phenoxy) is 2. The molecule has 0 unspecified atom stereocenters. The van der Waals surface area contributed by atoms with Crippen molar-refractivity contribution >= 4 is 5.97 Å². The third-order valence-electron chi connectivity index (χ3n) is 3.13. The molecule has 1 aliphatic heterocycles. The van der Waals surface area contributed by atoms with Gasteiger partial charge in [-0.1, -0.05) is 24.3 Å². The number of carbonyl (C=O) groups is 1. The van der Waals surface area contributed by atoms with E-state index >= 15 is 0 Å². The summed E-state index contributed by atoms with van der Waals surface area (Å²) in [6.07, 6.45) is 14.0. The molecule has 3 nitrogen and oxygen atoms in total. The van der Waals surface area contributed by atoms with E-state index in [0.29, 0.717) is 0 Å². The van der Waals surface area contributed by atoms with Crippen LogP contribution in [0.3, 0.4) is 0 Å². The van der Waals surface area contributed by atoms with Gasteiger partial charge in [0.15, 0.2) is 0 Å². The lowest BCUT2D eigenvalue weighted by Gasteiger charge is -2.14. The Labute approximate surface area is 102 Å². The summed E-state index contributed by atoms with van der Waals surface area (Å²) in [5.74, 6) is -0.212. The van der Waals surface area contributed by atoms with Crippen LogP contribution < -0.4 is 0 Å². The van der Waals surface area contributed by atoms with Crippen LogP contribution in [0.1, 0.15) is 39.0 Å². The zero-order chi connectivity index (χ0) is 12.1. The van der Waals surface area contributed by atoms with Gasteiger partial charge in [0, 0.05) is 6.92 Å². The number of rotatable bonds is 1. The maximum Gasteiger partial charge on any atom is 0.302 e. The SMILES string of the molecule is CC(=O)O[C@H]1CC/C=C\CC/C=C/C[C@@H]2O[C@H]12. The van der Waals surface area contributed by atoms with E-state index in [1.54, 1.807) is 0 Å². The van der Waals surface area contributed by atoms with Crippen LogP contribution in [0.4, 0.5) is 0 Å². The number of epoxide rings is 1. The zero-order valence-electron chi connectivity index (χ0n) is 10.3. The first-order valence-corrected chi connectivity index (χ1v) is 6.40. The lowest BCUT2D eigenvalue weighted by atomic mass is 10.1. The van der Waals surface area contributed by atoms with E-state index in [0.717, 1.165) is 32.1 Å². The fraction of sp³-hybridized carbons (Fsp3) is 0.643. The molecule has 0 bridgehead atoms. The van der Waals surface area contributed by atoms with Crippen LogP contribution in [0.25, 0.3) is 0 Å². The standard InChI is InChI=1S/C14H20O3/c1-11(15)16-12-9-7-5-3-2-4-6-8-10-13-14(12)17-13/h3,5-6,8,12-14H,2,4,7,9-10H2,1H3/b5-3-,8-6+/t12-,13-,14+/m0/s1. The van der Waals surface area contributed by atoms with Gasteiger partial charge in [0.1, 0.15) is 12.2 Å². The lowest BCUT2D eigenvalue weighted by molar-refractivity contribution is -0.147. The van der Waals surface area contributed by atoms with E-state index in [1.807, 2.05) is 0 Å². The molecule has 1 aliphatic carbocycles. The highest BCUT2D eigenvalue weighted by molar-refractivity contribution is 5.66. The highest BCUT2D eigenvalue weighted by Crippen LogP contribution is 2.32. The summed E-state index contributed by atoms with van der Waals surface area (Å²) in [6.45, 7) is 1.46. The molecule has 0 aromatic rings. The summed E-state index contributed by atoms with van der Waals surface area (Å²) in [7, 11) is 0. The van der Waals surface area contributed by atoms with Gasteiger partial charge in [0.25, 0.3) is 0 Å². The molecule has 0 saturated carbocycles. The average Bonchev–Trinajstić information content (AvgIpc) is 3.02. The maximum atomic E-state index is 11.0. The Bertz CT molecular complexity index is 319. The second-order valence-electron chi connectivity index (χ2n) is 4.62. The van der Waals surface area contributed by atoms with Gasteiger partial charge in [0.2, 0.25) is 0 Å². The van der Waals surface area contributed by atoms with Crippen LogP contribution in [0.5, 0.6) is 0 Å². The molecule has 1 fully saturated rings. The molecule has 3 heteroatoms. The van der Waals surface area contributed by atoms with Crippen LogP contribution in [0.15, 0.2) is 24.3 Å². The van der Waals surface area contributed by atoms with Crippen LogP contribution in [-0.4, -0.2) is 24.3 Å². The van der Waals surface area contributed by atoms with Crippen molar-refractivity contribution in [3.63, 3.8) is 0 Å². The molecule has 17 heavy (non-hydrogen) atoms. The second kappa shape index (κ2) is 6.01. The van der Waals surface area contributed by atoms with Crippen molar-refractivity contribution in [2.45, 2.75) is 57.3 Å². The normalized spacial score (nSPS) is 36.9. The fourth-order valence-electron chi connectivity index (χ4n) is 2.21. The summed E-state index contributed by atoms with van der Waals surface area (Å²) in [4.78, 5) is 11.0. The predicted molar refractivity (Wildman–Crippen MR) is 65.6 cm³/mol. The van der Waals surface area contributed by atoms with E-state index in [1.165, 1.54) is 6.92 Å². The number of hydrogen-bond donors (Lipinski definition) is 0. The molecule has 0 aromatic heterocycles. The quantitative estimate of drug-likeness (QED) is 0.399. The molecular formula is C14H20O3. The Hall–Kier alpha value is -1.09. The minimum Gasteiger partial charge on any atom is -0.460 e. The van der Waals surface area contributed by atoms with Gasteiger partial charge in [-0.25, -0.2) is 0 Å². The van der Waals surface area contributed by atoms with E-state index in [2.05, 4.69) is 24.3 Å². The Balaban J connectivity index is 1.93. The summed E-state index contributed by atoms with van der Waals surface area (Å²) in [5, 5.41) is 0. The molecule has 94 valence electrons. The fourth-order valence-corrected chi connectivity index (χ4v) is 2.21. The van der Waals surface area contributed by atoms with Crippen molar-refractivity contribution < 1.29 is 14.3 Å². The number of hydrogen-bond acceptors (Lipinski definition) is 3. The van der Waals surface area contributed by atoms with Crippen molar-refractivity contribution in [2.75, 3.05) is 0 Å². The van der Waals surface area contributed by atoms with E-state index in [4.69, 9.17) is 9.47 Å². The first-order chi connectivity index (χ1) is 8.27. The third-order valence-corrected chi connectivity index (χ3v) is 3.13. The van der Waals surface area contributed by atoms with E-state index < -0.39 is 0 Å². The zero-order valence-corrected chi connectivity index (χ0v) is 10.3. The second-order valence-corrected chi connectivity index (χ2v) is 4.62. The number of allylic oxidation sites excluding steroid dienone is 3. The summed E-state index contributed by atoms with van der Waals surface area (Å²) >= 11 is 0. The Morgan fingerprint density at radius 1 is 1.18 bits per heavy atom. The Kier molecular flexibility index (Phi) is 4.37. The first-order valence-electron chi connectivity index (χ1n) is 6.40. The predicted octanol–water partition coefficient (Wildman–Crippen LogP) is 2.76. The molecule has 0 spiro atoms. The molecule has 1 heterocycles. The minimum absolute atomic E-state index is 0.0741. The average molecular weight is 236 g/mol. The molecule has 0 amide bonds. The Morgan fingerprint density at radius 2 is 1.88 bits per heavy atom. The van der Waals surface area contributed by atoms with Crippen LogP contribution >= 0.6 is 0 Å². The monoisotopic (exact) mass is 236 g/mol. The summed E-state index contributed by atoms with van der Waals surface area (Å²) in [5.41, 5.74) is 0. The van der Waals surface area contributed by atoms with Crippen LogP contribution in [0.2, 0.25) is 0 Å². The van der Waals surface area contributed by atoms with Crippen LogP contribution in [-0.2, 0) is 14.3 Å². The highest BCUT2D eigenvalue weighted by atomic mass is 16.6. The van der Waals surface area contributed by atoms with Gasteiger partial charge in [-0.3, -0.25) is 4.79 Å². The van der Waals surface area contributed by atoms with E-state index in [-0.39, 0.29) is 24.3 Å². The van der Waals surface area contributed by atoms with Gasteiger partial charge in [0.05, 0.1) is 6.10 Å². The molecule has 2 rings (SSSR count). The van der Waals surface area contributed by atoms with Crippen molar-refractivity contribution in [2.24, 2.45) is 0 Å². The molecule has 2 aliphatic rings. The molecule has 3 atom stereocenters. The highest BCUT2D eigenvalue weighted by Gasteiger charge is 2.45. The summed E-state index contributed by atoms with van der Waals surface area (Å²) in [6, 6.07) is 0. The van der Waals surface area contributed by atoms with Gasteiger partial charge in [-0.2, -0.15) is 0 Å². The van der Waals surface area contributed by atoms with Crippen LogP contribution in [0, 0.1) is 0 Å². The summed E-state index contributed by atoms with van der Waals surface area (Å²) < 4.78 is 10.9. The van der Waals surface area contributed by atoms with Crippen molar-refractivity contribution in [1.29, 1.82) is 0 Å². The molecule has 0 aromatic carbocycles. The van der Waals surface area contributed by atoms with Gasteiger partial charge in [-0.15, -0.1) is 0 Å². The van der Waals surface area contributed by atoms with Gasteiger partial charge in [-0.05, 0) is 32.1 Å². The maximum absolute atomic E-state index is 11.0. The third kappa shape index (κ3) is 4.00.